The molecule has 6 heteroatoms. The average molecular weight is 202 g/mol. The van der Waals surface area contributed by atoms with Crippen LogP contribution >= 0.6 is 0 Å². The predicted octanol–water partition coefficient (Wildman–Crippen LogP) is 0.533. The minimum absolute atomic E-state index is 0.535. The summed E-state index contributed by atoms with van der Waals surface area (Å²) < 4.78 is 30.3. The van der Waals surface area contributed by atoms with Gasteiger partial charge in [0.15, 0.2) is 0 Å². The molecule has 0 amide bonds. The maximum Gasteiger partial charge on any atom is 0.327 e. The molecule has 76 valence electrons. The van der Waals surface area contributed by atoms with Crippen LogP contribution in [-0.4, -0.2) is 18.1 Å². The van der Waals surface area contributed by atoms with Gasteiger partial charge in [-0.3, -0.25) is 9.78 Å². The molecule has 0 radical (unpaired) electrons. The van der Waals surface area contributed by atoms with E-state index in [4.69, 9.17) is 5.73 Å². The molecular weight excluding hydrogens is 194 g/mol. The van der Waals surface area contributed by atoms with Crippen molar-refractivity contribution in [1.82, 2.24) is 4.98 Å². The largest absolute Gasteiger partial charge is 0.468 e. The van der Waals surface area contributed by atoms with Gasteiger partial charge in [-0.25, -0.2) is 8.78 Å². The standard InChI is InChI=1S/C8H8F2N2O2/c1-14-8(13)7(11)6-4(9)2-12-3-5(6)10/h2-3,7H,11H2,1H3. The number of carbonyl (C=O) groups excluding carboxylic acids is 1. The molecule has 0 aliphatic rings. The van der Waals surface area contributed by atoms with Gasteiger partial charge in [-0.2, -0.15) is 0 Å². The topological polar surface area (TPSA) is 65.2 Å². The molecule has 4 nitrogen and oxygen atoms in total. The van der Waals surface area contributed by atoms with Crippen molar-refractivity contribution in [2.24, 2.45) is 5.73 Å². The molecule has 0 saturated heterocycles. The van der Waals surface area contributed by atoms with Crippen LogP contribution in [0.4, 0.5) is 8.78 Å². The Bertz CT molecular complexity index is 337. The van der Waals surface area contributed by atoms with Crippen molar-refractivity contribution in [3.8, 4) is 0 Å². The lowest BCUT2D eigenvalue weighted by atomic mass is 10.1. The summed E-state index contributed by atoms with van der Waals surface area (Å²) >= 11 is 0. The predicted molar refractivity (Wildman–Crippen MR) is 43.1 cm³/mol. The van der Waals surface area contributed by atoms with Crippen LogP contribution in [0.3, 0.4) is 0 Å². The maximum atomic E-state index is 13.0. The van der Waals surface area contributed by atoms with Gasteiger partial charge in [0.1, 0.15) is 17.7 Å². The highest BCUT2D eigenvalue weighted by molar-refractivity contribution is 5.77. The molecule has 1 heterocycles. The molecule has 0 aliphatic carbocycles. The van der Waals surface area contributed by atoms with Gasteiger partial charge in [-0.1, -0.05) is 0 Å². The third kappa shape index (κ3) is 1.85. The number of methoxy groups -OCH3 is 1. The average Bonchev–Trinajstić information content (AvgIpc) is 2.16. The number of hydrogen-bond acceptors (Lipinski definition) is 4. The first-order chi connectivity index (χ1) is 6.57. The lowest BCUT2D eigenvalue weighted by Gasteiger charge is -2.10. The van der Waals surface area contributed by atoms with Gasteiger partial charge in [0.05, 0.1) is 25.1 Å². The molecule has 0 bridgehead atoms. The quantitative estimate of drug-likeness (QED) is 0.710. The number of nitrogens with zero attached hydrogens (tertiary/aromatic N) is 1. The lowest BCUT2D eigenvalue weighted by molar-refractivity contribution is -0.142. The van der Waals surface area contributed by atoms with E-state index in [1.54, 1.807) is 0 Å². The number of esters is 1. The van der Waals surface area contributed by atoms with Crippen molar-refractivity contribution in [3.05, 3.63) is 29.6 Å². The molecule has 1 aromatic rings. The van der Waals surface area contributed by atoms with E-state index in [2.05, 4.69) is 9.72 Å². The van der Waals surface area contributed by atoms with Crippen LogP contribution < -0.4 is 5.73 Å². The van der Waals surface area contributed by atoms with Crippen molar-refractivity contribution in [2.45, 2.75) is 6.04 Å². The lowest BCUT2D eigenvalue weighted by Crippen LogP contribution is -2.25. The van der Waals surface area contributed by atoms with Crippen molar-refractivity contribution >= 4 is 5.97 Å². The SMILES string of the molecule is COC(=O)C(N)c1c(F)cncc1F. The molecular formula is C8H8F2N2O2. The zero-order valence-electron chi connectivity index (χ0n) is 7.33. The Morgan fingerprint density at radius 2 is 2.00 bits per heavy atom. The number of pyridine rings is 1. The first kappa shape index (κ1) is 10.5. The van der Waals surface area contributed by atoms with E-state index >= 15 is 0 Å². The van der Waals surface area contributed by atoms with Gasteiger partial charge in [0.25, 0.3) is 0 Å². The van der Waals surface area contributed by atoms with Crippen LogP contribution in [-0.2, 0) is 9.53 Å². The number of carbonyl (C=O) groups is 1. The summed E-state index contributed by atoms with van der Waals surface area (Å²) in [6.45, 7) is 0. The summed E-state index contributed by atoms with van der Waals surface area (Å²) in [5, 5.41) is 0. The monoisotopic (exact) mass is 202 g/mol. The van der Waals surface area contributed by atoms with E-state index in [0.29, 0.717) is 0 Å². The van der Waals surface area contributed by atoms with Crippen LogP contribution in [0, 0.1) is 11.6 Å². The van der Waals surface area contributed by atoms with E-state index in [0.717, 1.165) is 19.5 Å². The molecule has 0 aliphatic heterocycles. The fourth-order valence-corrected chi connectivity index (χ4v) is 0.963. The maximum absolute atomic E-state index is 13.0. The van der Waals surface area contributed by atoms with Gasteiger partial charge in [0.2, 0.25) is 0 Å². The summed E-state index contributed by atoms with van der Waals surface area (Å²) in [6, 6.07) is -1.47. The van der Waals surface area contributed by atoms with Crippen molar-refractivity contribution in [1.29, 1.82) is 0 Å². The Morgan fingerprint density at radius 3 is 2.43 bits per heavy atom. The Balaban J connectivity index is 3.11. The molecule has 14 heavy (non-hydrogen) atoms. The van der Waals surface area contributed by atoms with Crippen LogP contribution in [0.2, 0.25) is 0 Å². The summed E-state index contributed by atoms with van der Waals surface area (Å²) in [6.07, 6.45) is 1.56. The second kappa shape index (κ2) is 4.10. The number of nitrogens with two attached hydrogens (primary N) is 1. The van der Waals surface area contributed by atoms with Crippen molar-refractivity contribution in [2.75, 3.05) is 7.11 Å². The number of aromatic nitrogens is 1. The smallest absolute Gasteiger partial charge is 0.327 e. The molecule has 0 saturated carbocycles. The number of rotatable bonds is 2. The van der Waals surface area contributed by atoms with Crippen LogP contribution in [0.1, 0.15) is 11.6 Å². The molecule has 2 N–H and O–H groups in total. The van der Waals surface area contributed by atoms with Gasteiger partial charge in [-0.15, -0.1) is 0 Å². The number of halogens is 2. The fraction of sp³-hybridized carbons (Fsp3) is 0.250. The Kier molecular flexibility index (Phi) is 3.08. The Morgan fingerprint density at radius 1 is 1.50 bits per heavy atom. The molecule has 0 aromatic carbocycles. The molecule has 1 unspecified atom stereocenters. The summed E-state index contributed by atoms with van der Waals surface area (Å²) in [7, 11) is 1.08. The number of ether oxygens (including phenoxy) is 1. The van der Waals surface area contributed by atoms with Gasteiger partial charge in [-0.05, 0) is 0 Å². The van der Waals surface area contributed by atoms with E-state index < -0.39 is 29.2 Å². The second-order valence-electron chi connectivity index (χ2n) is 2.52. The first-order valence-corrected chi connectivity index (χ1v) is 3.70. The summed E-state index contributed by atoms with van der Waals surface area (Å²) in [4.78, 5) is 14.2. The minimum atomic E-state index is -1.47. The zero-order chi connectivity index (χ0) is 10.7. The summed E-state index contributed by atoms with van der Waals surface area (Å²) in [5.41, 5.74) is 4.73. The van der Waals surface area contributed by atoms with Gasteiger partial charge in [0, 0.05) is 0 Å². The highest BCUT2D eigenvalue weighted by Crippen LogP contribution is 2.18. The highest BCUT2D eigenvalue weighted by atomic mass is 19.1. The normalized spacial score (nSPS) is 12.3. The number of hydrogen-bond donors (Lipinski definition) is 1. The molecule has 1 atom stereocenters. The minimum Gasteiger partial charge on any atom is -0.468 e. The van der Waals surface area contributed by atoms with Crippen molar-refractivity contribution < 1.29 is 18.3 Å². The summed E-state index contributed by atoms with van der Waals surface area (Å²) in [5.74, 6) is -2.85. The Hall–Kier alpha value is -1.56. The molecule has 0 spiro atoms. The van der Waals surface area contributed by atoms with E-state index in [-0.39, 0.29) is 0 Å². The van der Waals surface area contributed by atoms with Gasteiger partial charge >= 0.3 is 5.97 Å². The highest BCUT2D eigenvalue weighted by Gasteiger charge is 2.23. The first-order valence-electron chi connectivity index (χ1n) is 3.70. The second-order valence-corrected chi connectivity index (χ2v) is 2.52. The molecule has 0 fully saturated rings. The molecule has 1 rings (SSSR count). The van der Waals surface area contributed by atoms with E-state index in [1.807, 2.05) is 0 Å². The van der Waals surface area contributed by atoms with E-state index in [9.17, 15) is 13.6 Å². The molecule has 1 aromatic heterocycles. The van der Waals surface area contributed by atoms with Crippen LogP contribution in [0.25, 0.3) is 0 Å². The van der Waals surface area contributed by atoms with Crippen LogP contribution in [0.15, 0.2) is 12.4 Å². The van der Waals surface area contributed by atoms with Crippen molar-refractivity contribution in [3.63, 3.8) is 0 Å². The third-order valence-electron chi connectivity index (χ3n) is 1.66. The Labute approximate surface area is 78.7 Å². The van der Waals surface area contributed by atoms with Crippen LogP contribution in [0.5, 0.6) is 0 Å². The third-order valence-corrected chi connectivity index (χ3v) is 1.66. The zero-order valence-corrected chi connectivity index (χ0v) is 7.33. The van der Waals surface area contributed by atoms with E-state index in [1.165, 1.54) is 0 Å². The fourth-order valence-electron chi connectivity index (χ4n) is 0.963. The van der Waals surface area contributed by atoms with Gasteiger partial charge < -0.3 is 10.5 Å².